The number of carbonyl (C=O) groups is 1. The fourth-order valence-corrected chi connectivity index (χ4v) is 7.76. The predicted octanol–water partition coefficient (Wildman–Crippen LogP) is 4.51. The minimum Gasteiger partial charge on any atom is -0.394 e. The van der Waals surface area contributed by atoms with Crippen molar-refractivity contribution in [3.05, 3.63) is 69.4 Å². The maximum Gasteiger partial charge on any atom is 0.264 e. The van der Waals surface area contributed by atoms with E-state index in [9.17, 15) is 18.3 Å². The lowest BCUT2D eigenvalue weighted by atomic mass is 10.0. The highest BCUT2D eigenvalue weighted by molar-refractivity contribution is 7.90. The molecule has 2 aliphatic carbocycles. The molecular formula is C30H33Cl2N3O7S. The zero-order chi connectivity index (χ0) is 30.3. The van der Waals surface area contributed by atoms with Crippen LogP contribution in [0.15, 0.2) is 47.0 Å². The lowest BCUT2D eigenvalue weighted by molar-refractivity contribution is 0.0122. The van der Waals surface area contributed by atoms with Crippen LogP contribution in [0, 0.1) is 5.92 Å². The van der Waals surface area contributed by atoms with Crippen LogP contribution in [0.4, 0.5) is 5.69 Å². The molecule has 3 aliphatic rings. The molecule has 43 heavy (non-hydrogen) atoms. The molecular weight excluding hydrogens is 617 g/mol. The maximum atomic E-state index is 12.5. The second-order valence-corrected chi connectivity index (χ2v) is 14.2. The van der Waals surface area contributed by atoms with Crippen molar-refractivity contribution in [3.63, 3.8) is 0 Å². The molecule has 1 amide bonds. The number of aromatic nitrogens is 1. The van der Waals surface area contributed by atoms with Crippen LogP contribution in [0.5, 0.6) is 0 Å². The van der Waals surface area contributed by atoms with Gasteiger partial charge in [0.25, 0.3) is 5.91 Å². The van der Waals surface area contributed by atoms with Crippen molar-refractivity contribution in [2.75, 3.05) is 23.8 Å². The molecule has 230 valence electrons. The number of aliphatic hydroxyl groups is 2. The van der Waals surface area contributed by atoms with Gasteiger partial charge in [0.05, 0.1) is 41.2 Å². The summed E-state index contributed by atoms with van der Waals surface area (Å²) in [7, 11) is -3.94. The van der Waals surface area contributed by atoms with Crippen LogP contribution in [-0.2, 0) is 21.4 Å². The molecule has 3 N–H and O–H groups in total. The zero-order valence-corrected chi connectivity index (χ0v) is 25.6. The third-order valence-electron chi connectivity index (χ3n) is 8.52. The molecule has 10 nitrogen and oxygen atoms in total. The van der Waals surface area contributed by atoms with Gasteiger partial charge < -0.3 is 24.4 Å². The van der Waals surface area contributed by atoms with Gasteiger partial charge in [-0.3, -0.25) is 4.79 Å². The highest BCUT2D eigenvalue weighted by Gasteiger charge is 2.45. The average molecular weight is 651 g/mol. The van der Waals surface area contributed by atoms with Gasteiger partial charge in [0.15, 0.2) is 0 Å². The Bertz CT molecular complexity index is 1570. The molecule has 2 bridgehead atoms. The summed E-state index contributed by atoms with van der Waals surface area (Å²) in [6, 6.07) is 12.5. The molecule has 4 atom stereocenters. The fraction of sp³-hybridized carbons (Fsp3) is 0.467. The molecule has 1 saturated heterocycles. The van der Waals surface area contributed by atoms with Crippen LogP contribution < -0.4 is 9.62 Å². The number of piperidine rings is 1. The number of amides is 1. The Morgan fingerprint density at radius 3 is 2.49 bits per heavy atom. The average Bonchev–Trinajstić information content (AvgIpc) is 3.44. The Balaban J connectivity index is 1.07. The lowest BCUT2D eigenvalue weighted by Crippen LogP contribution is -2.38. The highest BCUT2D eigenvalue weighted by Crippen LogP contribution is 2.47. The van der Waals surface area contributed by atoms with E-state index >= 15 is 0 Å². The summed E-state index contributed by atoms with van der Waals surface area (Å²) in [5, 5.41) is 23.7. The van der Waals surface area contributed by atoms with Gasteiger partial charge in [0.2, 0.25) is 10.0 Å². The van der Waals surface area contributed by atoms with Gasteiger partial charge in [0.1, 0.15) is 11.5 Å². The topological polar surface area (TPSA) is 142 Å². The Labute approximate surface area is 260 Å². The summed E-state index contributed by atoms with van der Waals surface area (Å²) in [5.41, 5.74) is 3.39. The number of rotatable bonds is 12. The number of ether oxygens (including phenoxy) is 1. The molecule has 2 heterocycles. The van der Waals surface area contributed by atoms with Crippen LogP contribution >= 0.6 is 23.2 Å². The number of nitrogens with zero attached hydrogens (tertiary/aromatic N) is 2. The highest BCUT2D eigenvalue weighted by atomic mass is 35.5. The van der Waals surface area contributed by atoms with Crippen LogP contribution in [0.1, 0.15) is 59.7 Å². The SMILES string of the molecule is O=C(NS(=O)(=O)CCC(O)CO)c1ccc(N2C[C@@H]3C[C@H]2C[C@H]3OCc2c(-c3c(Cl)cccc3Cl)noc2C2CC2)cc1. The third kappa shape index (κ3) is 6.57. The zero-order valence-electron chi connectivity index (χ0n) is 23.3. The van der Waals surface area contributed by atoms with Crippen molar-refractivity contribution in [1.82, 2.24) is 9.88 Å². The Hall–Kier alpha value is -2.67. The summed E-state index contributed by atoms with van der Waals surface area (Å²) in [6.07, 6.45) is 2.73. The van der Waals surface area contributed by atoms with Gasteiger partial charge in [-0.1, -0.05) is 34.4 Å². The van der Waals surface area contributed by atoms with Crippen LogP contribution in [0.25, 0.3) is 11.3 Å². The normalized spacial score (nSPS) is 22.2. The molecule has 3 fully saturated rings. The summed E-state index contributed by atoms with van der Waals surface area (Å²) >= 11 is 13.0. The van der Waals surface area contributed by atoms with E-state index in [1.807, 2.05) is 16.9 Å². The first-order chi connectivity index (χ1) is 20.6. The van der Waals surface area contributed by atoms with Crippen LogP contribution in [-0.4, -0.2) is 66.8 Å². The minimum absolute atomic E-state index is 0.0809. The third-order valence-corrected chi connectivity index (χ3v) is 10.4. The first-order valence-corrected chi connectivity index (χ1v) is 16.8. The second-order valence-electron chi connectivity index (χ2n) is 11.6. The Morgan fingerprint density at radius 2 is 1.86 bits per heavy atom. The standard InChI is InChI=1S/C30H33Cl2N3O7S/c31-24-2-1-3-25(32)27(24)28-23(29(42-33-28)17-4-5-17)16-41-26-13-21-12-19(26)14-35(21)20-8-6-18(7-9-20)30(38)34-43(39,40)11-10-22(37)15-36/h1-3,6-9,17,19,21-22,26,36-37H,4-5,10-16H2,(H,34,38)/t19-,21-,22?,26+/m0/s1. The lowest BCUT2D eigenvalue weighted by Gasteiger charge is -2.33. The minimum atomic E-state index is -3.94. The van der Waals surface area contributed by atoms with Crippen molar-refractivity contribution >= 4 is 44.8 Å². The molecule has 2 aromatic carbocycles. The van der Waals surface area contributed by atoms with Crippen LogP contribution in [0.2, 0.25) is 10.0 Å². The molecule has 3 aromatic rings. The largest absolute Gasteiger partial charge is 0.394 e. The van der Waals surface area contributed by atoms with E-state index in [1.165, 1.54) is 0 Å². The molecule has 0 radical (unpaired) electrons. The summed E-state index contributed by atoms with van der Waals surface area (Å²) < 4.78 is 38.6. The number of fused-ring (bicyclic) bond motifs is 2. The number of carbonyl (C=O) groups excluding carboxylic acids is 1. The monoisotopic (exact) mass is 649 g/mol. The van der Waals surface area contributed by atoms with E-state index < -0.39 is 34.4 Å². The van der Waals surface area contributed by atoms with Crippen molar-refractivity contribution in [2.24, 2.45) is 5.92 Å². The molecule has 6 rings (SSSR count). The number of hydrogen-bond acceptors (Lipinski definition) is 9. The number of nitrogens with one attached hydrogen (secondary N) is 1. The molecule has 1 unspecified atom stereocenters. The van der Waals surface area contributed by atoms with Gasteiger partial charge in [0, 0.05) is 46.8 Å². The molecule has 1 aliphatic heterocycles. The number of halogens is 2. The second kappa shape index (κ2) is 12.4. The molecule has 13 heteroatoms. The number of anilines is 1. The smallest absolute Gasteiger partial charge is 0.264 e. The molecule has 2 saturated carbocycles. The van der Waals surface area contributed by atoms with Gasteiger partial charge in [-0.25, -0.2) is 13.1 Å². The van der Waals surface area contributed by atoms with Gasteiger partial charge in [-0.05, 0) is 68.5 Å². The Kier molecular flexibility index (Phi) is 8.74. The van der Waals surface area contributed by atoms with Crippen LogP contribution in [0.3, 0.4) is 0 Å². The van der Waals surface area contributed by atoms with E-state index in [4.69, 9.17) is 37.6 Å². The summed E-state index contributed by atoms with van der Waals surface area (Å²) in [6.45, 7) is 0.635. The number of hydrogen-bond donors (Lipinski definition) is 3. The van der Waals surface area contributed by atoms with E-state index in [0.29, 0.717) is 39.7 Å². The van der Waals surface area contributed by atoms with Gasteiger partial charge in [-0.2, -0.15) is 0 Å². The number of aliphatic hydroxyl groups excluding tert-OH is 2. The van der Waals surface area contributed by atoms with Crippen molar-refractivity contribution in [2.45, 2.75) is 62.9 Å². The number of sulfonamides is 1. The van der Waals surface area contributed by atoms with Crippen molar-refractivity contribution in [1.29, 1.82) is 0 Å². The predicted molar refractivity (Wildman–Crippen MR) is 162 cm³/mol. The molecule has 1 aromatic heterocycles. The summed E-state index contributed by atoms with van der Waals surface area (Å²) in [4.78, 5) is 14.8. The maximum absolute atomic E-state index is 12.5. The summed E-state index contributed by atoms with van der Waals surface area (Å²) in [5.74, 6) is 0.339. The van der Waals surface area contributed by atoms with Crippen molar-refractivity contribution < 1.29 is 32.7 Å². The molecule has 0 spiro atoms. The van der Waals surface area contributed by atoms with E-state index in [1.54, 1.807) is 30.3 Å². The first kappa shape index (κ1) is 30.4. The fourth-order valence-electron chi connectivity index (χ4n) is 6.10. The first-order valence-electron chi connectivity index (χ1n) is 14.4. The van der Waals surface area contributed by atoms with Crippen molar-refractivity contribution in [3.8, 4) is 11.3 Å². The Morgan fingerprint density at radius 1 is 1.14 bits per heavy atom. The van der Waals surface area contributed by atoms with E-state index in [0.717, 1.165) is 49.2 Å². The number of benzene rings is 2. The van der Waals surface area contributed by atoms with Gasteiger partial charge in [-0.15, -0.1) is 0 Å². The van der Waals surface area contributed by atoms with E-state index in [-0.39, 0.29) is 24.1 Å². The quantitative estimate of drug-likeness (QED) is 0.258. The van der Waals surface area contributed by atoms with Gasteiger partial charge >= 0.3 is 0 Å². The van der Waals surface area contributed by atoms with E-state index in [2.05, 4.69) is 10.1 Å².